The predicted molar refractivity (Wildman–Crippen MR) is 47.1 cm³/mol. The van der Waals surface area contributed by atoms with Gasteiger partial charge in [0.05, 0.1) is 0 Å². The van der Waals surface area contributed by atoms with Gasteiger partial charge in [0.2, 0.25) is 2.14 Å². The Kier molecular flexibility index (Phi) is 7.12. The fourth-order valence-electron chi connectivity index (χ4n) is 0. The van der Waals surface area contributed by atoms with Crippen LogP contribution in [0, 0.1) is 0 Å². The molecule has 0 rings (SSSR count). The molecule has 0 heterocycles. The van der Waals surface area contributed by atoms with Gasteiger partial charge in [-0.05, 0) is 47.8 Å². The van der Waals surface area contributed by atoms with Crippen molar-refractivity contribution in [2.45, 2.75) is 2.14 Å². The van der Waals surface area contributed by atoms with E-state index in [1.54, 1.807) is 0 Å². The van der Waals surface area contributed by atoms with E-state index in [-0.39, 0.29) is 25.8 Å². The summed E-state index contributed by atoms with van der Waals surface area (Å²) in [5.74, 6) is -1.01. The second-order valence-electron chi connectivity index (χ2n) is 0.803. The summed E-state index contributed by atoms with van der Waals surface area (Å²) < 4.78 is -1.15. The first-order valence-corrected chi connectivity index (χ1v) is 3.62. The Labute approximate surface area is 90.6 Å². The molecule has 48 valence electrons. The van der Waals surface area contributed by atoms with Crippen LogP contribution in [0.2, 0.25) is 0 Å². The van der Waals surface area contributed by atoms with Crippen molar-refractivity contribution in [1.29, 1.82) is 0 Å². The van der Waals surface area contributed by atoms with Crippen molar-refractivity contribution in [2.75, 3.05) is 0 Å². The fourth-order valence-corrected chi connectivity index (χ4v) is 0. The molecule has 0 saturated carbocycles. The molecule has 8 heavy (non-hydrogen) atoms. The zero-order valence-electron chi connectivity index (χ0n) is 2.99. The van der Waals surface area contributed by atoms with Crippen LogP contribution in [0.5, 0.6) is 0 Å². The standard InChI is InChI=1S/C2HBr3O2.In.3H/c3-2(4,5)1(6)7;;;;/h(H,6,7);;;;. The van der Waals surface area contributed by atoms with Crippen LogP contribution < -0.4 is 0 Å². The molecule has 0 fully saturated rings. The van der Waals surface area contributed by atoms with E-state index < -0.39 is 8.11 Å². The number of hydrogen-bond acceptors (Lipinski definition) is 1. The molecule has 0 aliphatic heterocycles. The summed E-state index contributed by atoms with van der Waals surface area (Å²) in [6.45, 7) is 0. The summed E-state index contributed by atoms with van der Waals surface area (Å²) in [6, 6.07) is 0. The Hall–Kier alpha value is 1.78. The minimum atomic E-state index is -1.15. The normalized spacial score (nSPS) is 9.88. The van der Waals surface area contributed by atoms with Crippen LogP contribution in [0.25, 0.3) is 0 Å². The number of rotatable bonds is 0. The van der Waals surface area contributed by atoms with Crippen molar-refractivity contribution in [3.05, 3.63) is 0 Å². The van der Waals surface area contributed by atoms with Gasteiger partial charge in [-0.2, -0.15) is 0 Å². The van der Waals surface area contributed by atoms with Crippen LogP contribution in [-0.4, -0.2) is 39.1 Å². The third-order valence-electron chi connectivity index (χ3n) is 0.243. The van der Waals surface area contributed by atoms with E-state index in [2.05, 4.69) is 47.8 Å². The molecule has 0 aliphatic rings. The van der Waals surface area contributed by atoms with Crippen molar-refractivity contribution in [2.24, 2.45) is 0 Å². The van der Waals surface area contributed by atoms with Gasteiger partial charge in [-0.15, -0.1) is 0 Å². The van der Waals surface area contributed by atoms with Gasteiger partial charge in [0.15, 0.2) is 0 Å². The van der Waals surface area contributed by atoms with E-state index in [0.29, 0.717) is 0 Å². The first kappa shape index (κ1) is 12.5. The van der Waals surface area contributed by atoms with Crippen molar-refractivity contribution < 1.29 is 9.90 Å². The molecule has 6 heteroatoms. The molecule has 0 saturated heterocycles. The molecule has 0 amide bonds. The van der Waals surface area contributed by atoms with Gasteiger partial charge in [0.1, 0.15) is 0 Å². The Balaban J connectivity index is 0. The summed E-state index contributed by atoms with van der Waals surface area (Å²) in [4.78, 5) is 9.88. The number of carboxylic acid groups (broad SMARTS) is 1. The monoisotopic (exact) mass is 412 g/mol. The van der Waals surface area contributed by atoms with Crippen molar-refractivity contribution in [3.8, 4) is 0 Å². The molecule has 0 spiro atoms. The first-order valence-electron chi connectivity index (χ1n) is 1.24. The number of carbonyl (C=O) groups is 1. The molecule has 1 N–H and O–H groups in total. The van der Waals surface area contributed by atoms with Gasteiger partial charge in [0, 0.05) is 0 Å². The SMILES string of the molecule is O=C(O)C(Br)(Br)Br.[InH3]. The first-order chi connectivity index (χ1) is 2.94. The van der Waals surface area contributed by atoms with E-state index in [4.69, 9.17) is 5.11 Å². The molecule has 2 nitrogen and oxygen atoms in total. The number of aliphatic carboxylic acids is 1. The molecule has 0 aromatic carbocycles. The van der Waals surface area contributed by atoms with E-state index in [1.165, 1.54) is 0 Å². The molecule has 0 atom stereocenters. The molecule has 0 bridgehead atoms. The maximum absolute atomic E-state index is 9.88. The van der Waals surface area contributed by atoms with Gasteiger partial charge in [-0.25, -0.2) is 4.79 Å². The zero-order valence-corrected chi connectivity index (χ0v) is 7.75. The van der Waals surface area contributed by atoms with Gasteiger partial charge >= 0.3 is 31.8 Å². The number of hydrogen-bond donors (Lipinski definition) is 1. The second kappa shape index (κ2) is 4.57. The van der Waals surface area contributed by atoms with Crippen LogP contribution in [0.3, 0.4) is 0 Å². The van der Waals surface area contributed by atoms with Crippen LogP contribution in [0.1, 0.15) is 0 Å². The molecule has 0 radical (unpaired) electrons. The Bertz CT molecular complexity index is 87.8. The third kappa shape index (κ3) is 5.91. The fraction of sp³-hybridized carbons (Fsp3) is 0.500. The van der Waals surface area contributed by atoms with Crippen LogP contribution >= 0.6 is 47.8 Å². The summed E-state index contributed by atoms with van der Waals surface area (Å²) in [6.07, 6.45) is 0. The molecular weight excluding hydrogens is 411 g/mol. The Morgan fingerprint density at radius 1 is 1.38 bits per heavy atom. The van der Waals surface area contributed by atoms with Gasteiger partial charge < -0.3 is 5.11 Å². The van der Waals surface area contributed by atoms with Crippen LogP contribution in [0.15, 0.2) is 0 Å². The van der Waals surface area contributed by atoms with Gasteiger partial charge in [0.25, 0.3) is 0 Å². The summed E-state index contributed by atoms with van der Waals surface area (Å²) in [5.41, 5.74) is 0. The maximum atomic E-state index is 9.88. The van der Waals surface area contributed by atoms with E-state index >= 15 is 0 Å². The molecule has 0 aromatic rings. The molecular formula is C2H4Br3InO2. The second-order valence-corrected chi connectivity index (χ2v) is 7.56. The number of carboxylic acids is 1. The molecule has 0 unspecified atom stereocenters. The minimum absolute atomic E-state index is 0. The van der Waals surface area contributed by atoms with E-state index in [1.807, 2.05) is 0 Å². The predicted octanol–water partition coefficient (Wildman–Crippen LogP) is 0.726. The molecule has 0 aromatic heterocycles. The summed E-state index contributed by atoms with van der Waals surface area (Å²) in [5, 5.41) is 8.11. The average molecular weight is 415 g/mol. The summed E-state index contributed by atoms with van der Waals surface area (Å²) >= 11 is 8.33. The van der Waals surface area contributed by atoms with Gasteiger partial charge in [-0.3, -0.25) is 0 Å². The van der Waals surface area contributed by atoms with E-state index in [0.717, 1.165) is 0 Å². The average Bonchev–Trinajstić information content (AvgIpc) is 1.31. The van der Waals surface area contributed by atoms with E-state index in [9.17, 15) is 4.79 Å². The zero-order chi connectivity index (χ0) is 6.08. The van der Waals surface area contributed by atoms with Gasteiger partial charge in [-0.1, -0.05) is 0 Å². The van der Waals surface area contributed by atoms with Crippen molar-refractivity contribution in [3.63, 3.8) is 0 Å². The third-order valence-corrected chi connectivity index (χ3v) is 1.26. The van der Waals surface area contributed by atoms with Crippen molar-refractivity contribution >= 4 is 79.6 Å². The number of halogens is 3. The summed E-state index contributed by atoms with van der Waals surface area (Å²) in [7, 11) is 0. The quantitative estimate of drug-likeness (QED) is 0.594. The Morgan fingerprint density at radius 3 is 1.50 bits per heavy atom. The van der Waals surface area contributed by atoms with Crippen molar-refractivity contribution in [1.82, 2.24) is 0 Å². The Morgan fingerprint density at radius 2 is 1.50 bits per heavy atom. The molecule has 0 aliphatic carbocycles. The van der Waals surface area contributed by atoms with Crippen LogP contribution in [0.4, 0.5) is 0 Å². The topological polar surface area (TPSA) is 37.3 Å². The number of alkyl halides is 3. The van der Waals surface area contributed by atoms with Crippen LogP contribution in [-0.2, 0) is 4.79 Å².